The van der Waals surface area contributed by atoms with Gasteiger partial charge in [-0.1, -0.05) is 29.5 Å². The van der Waals surface area contributed by atoms with Crippen LogP contribution < -0.4 is 0 Å². The van der Waals surface area contributed by atoms with E-state index in [1.54, 1.807) is 6.92 Å². The Morgan fingerprint density at radius 3 is 2.22 bits per heavy atom. The van der Waals surface area contributed by atoms with Crippen molar-refractivity contribution in [3.8, 4) is 0 Å². The second-order valence-corrected chi connectivity index (χ2v) is 4.20. The first-order chi connectivity index (χ1) is 3.95. The highest BCUT2D eigenvalue weighted by Gasteiger charge is 2.18. The van der Waals surface area contributed by atoms with Crippen molar-refractivity contribution in [2.24, 2.45) is 5.92 Å². The molecule has 0 aromatic carbocycles. The molecule has 0 saturated heterocycles. The van der Waals surface area contributed by atoms with Crippen LogP contribution in [0.5, 0.6) is 0 Å². The van der Waals surface area contributed by atoms with Gasteiger partial charge in [0.15, 0.2) is 0 Å². The zero-order valence-corrected chi connectivity index (χ0v) is 7.60. The molecule has 0 rings (SSSR count). The Morgan fingerprint density at radius 2 is 2.11 bits per heavy atom. The van der Waals surface area contributed by atoms with Gasteiger partial charge in [0, 0.05) is 0 Å². The summed E-state index contributed by atoms with van der Waals surface area (Å²) in [5.74, 6) is 0.498. The normalized spacial score (nSPS) is 21.0. The minimum atomic E-state index is -1.06. The number of halogens is 1. The van der Waals surface area contributed by atoms with Crippen LogP contribution in [0.15, 0.2) is 0 Å². The molecule has 0 saturated carbocycles. The Labute approximate surface area is 59.4 Å². The van der Waals surface area contributed by atoms with Gasteiger partial charge in [0.2, 0.25) is 0 Å². The second-order valence-electron chi connectivity index (χ2n) is 3.00. The first kappa shape index (κ1) is 9.36. The van der Waals surface area contributed by atoms with Crippen LogP contribution in [-0.4, -0.2) is 5.41 Å². The van der Waals surface area contributed by atoms with Crippen molar-refractivity contribution in [3.05, 3.63) is 0 Å². The van der Waals surface area contributed by atoms with E-state index in [0.717, 1.165) is 6.42 Å². The van der Waals surface area contributed by atoms with E-state index in [9.17, 15) is 4.39 Å². The Kier molecular flexibility index (Phi) is 3.65. The van der Waals surface area contributed by atoms with Crippen LogP contribution >= 0.6 is 9.24 Å². The van der Waals surface area contributed by atoms with Gasteiger partial charge in [0.1, 0.15) is 5.41 Å². The summed E-state index contributed by atoms with van der Waals surface area (Å²) in [5, 5.41) is -1.06. The molecule has 0 aliphatic carbocycles. The number of alkyl halides is 1. The lowest BCUT2D eigenvalue weighted by Crippen LogP contribution is -2.11. The molecule has 0 aromatic rings. The highest BCUT2D eigenvalue weighted by molar-refractivity contribution is 7.18. The SMILES string of the molecule is CCC(C)CC(C)(F)P. The lowest BCUT2D eigenvalue weighted by Gasteiger charge is -2.17. The van der Waals surface area contributed by atoms with E-state index in [4.69, 9.17) is 0 Å². The molecule has 0 aliphatic heterocycles. The summed E-state index contributed by atoms with van der Waals surface area (Å²) in [5.41, 5.74) is 0. The maximum absolute atomic E-state index is 12.8. The predicted octanol–water partition coefficient (Wildman–Crippen LogP) is 2.98. The monoisotopic (exact) mass is 150 g/mol. The topological polar surface area (TPSA) is 0 Å². The summed E-state index contributed by atoms with van der Waals surface area (Å²) < 4.78 is 12.8. The van der Waals surface area contributed by atoms with Crippen molar-refractivity contribution in [3.63, 3.8) is 0 Å². The predicted molar refractivity (Wildman–Crippen MR) is 43.3 cm³/mol. The Balaban J connectivity index is 3.47. The number of rotatable bonds is 3. The molecular formula is C7H16FP. The zero-order chi connectivity index (χ0) is 7.49. The van der Waals surface area contributed by atoms with Crippen molar-refractivity contribution >= 4 is 9.24 Å². The maximum Gasteiger partial charge on any atom is 0.121 e. The summed E-state index contributed by atoms with van der Waals surface area (Å²) in [6, 6.07) is 0. The third kappa shape index (κ3) is 6.24. The molecule has 0 N–H and O–H groups in total. The molecule has 0 nitrogen and oxygen atoms in total. The largest absolute Gasteiger partial charge is 0.240 e. The number of hydrogen-bond acceptors (Lipinski definition) is 0. The maximum atomic E-state index is 12.8. The van der Waals surface area contributed by atoms with Gasteiger partial charge in [-0.2, -0.15) is 0 Å². The summed E-state index contributed by atoms with van der Waals surface area (Å²) >= 11 is 0. The molecule has 0 spiro atoms. The van der Waals surface area contributed by atoms with Crippen LogP contribution in [0, 0.1) is 5.92 Å². The van der Waals surface area contributed by atoms with Crippen LogP contribution in [0.4, 0.5) is 4.39 Å². The number of hydrogen-bond donors (Lipinski definition) is 0. The molecule has 0 amide bonds. The fourth-order valence-electron chi connectivity index (χ4n) is 0.826. The molecular weight excluding hydrogens is 134 g/mol. The summed E-state index contributed by atoms with van der Waals surface area (Å²) in [4.78, 5) is 0. The van der Waals surface area contributed by atoms with Gasteiger partial charge >= 0.3 is 0 Å². The Bertz CT molecular complexity index is 75.5. The molecule has 0 aromatic heterocycles. The third-order valence-electron chi connectivity index (χ3n) is 1.44. The van der Waals surface area contributed by atoms with Crippen LogP contribution in [0.1, 0.15) is 33.6 Å². The van der Waals surface area contributed by atoms with Crippen LogP contribution in [-0.2, 0) is 0 Å². The Hall–Kier alpha value is 0.360. The van der Waals surface area contributed by atoms with E-state index in [2.05, 4.69) is 23.1 Å². The van der Waals surface area contributed by atoms with Crippen molar-refractivity contribution in [2.75, 3.05) is 0 Å². The minimum absolute atomic E-state index is 0.498. The molecule has 0 fully saturated rings. The van der Waals surface area contributed by atoms with Crippen LogP contribution in [0.3, 0.4) is 0 Å². The van der Waals surface area contributed by atoms with Gasteiger partial charge in [0.25, 0.3) is 0 Å². The molecule has 0 heterocycles. The third-order valence-corrected chi connectivity index (χ3v) is 1.68. The minimum Gasteiger partial charge on any atom is -0.240 e. The van der Waals surface area contributed by atoms with Crippen LogP contribution in [0.2, 0.25) is 0 Å². The molecule has 3 unspecified atom stereocenters. The van der Waals surface area contributed by atoms with Crippen molar-refractivity contribution < 1.29 is 4.39 Å². The summed E-state index contributed by atoms with van der Waals surface area (Å²) in [7, 11) is 2.22. The van der Waals surface area contributed by atoms with E-state index in [1.807, 2.05) is 0 Å². The quantitative estimate of drug-likeness (QED) is 0.542. The first-order valence-electron chi connectivity index (χ1n) is 3.43. The second kappa shape index (κ2) is 3.51. The summed E-state index contributed by atoms with van der Waals surface area (Å²) in [6.07, 6.45) is 1.71. The van der Waals surface area contributed by atoms with Gasteiger partial charge in [-0.25, -0.2) is 4.39 Å². The molecule has 9 heavy (non-hydrogen) atoms. The average molecular weight is 150 g/mol. The molecule has 3 atom stereocenters. The van der Waals surface area contributed by atoms with E-state index in [1.165, 1.54) is 0 Å². The molecule has 0 aliphatic rings. The van der Waals surface area contributed by atoms with E-state index in [0.29, 0.717) is 12.3 Å². The van der Waals surface area contributed by atoms with Crippen molar-refractivity contribution in [2.45, 2.75) is 39.0 Å². The zero-order valence-electron chi connectivity index (χ0n) is 6.45. The first-order valence-corrected chi connectivity index (χ1v) is 4.01. The smallest absolute Gasteiger partial charge is 0.121 e. The van der Waals surface area contributed by atoms with Gasteiger partial charge in [-0.15, -0.1) is 0 Å². The molecule has 2 heteroatoms. The lowest BCUT2D eigenvalue weighted by molar-refractivity contribution is 0.255. The highest BCUT2D eigenvalue weighted by atomic mass is 31.0. The van der Waals surface area contributed by atoms with Gasteiger partial charge in [0.05, 0.1) is 0 Å². The van der Waals surface area contributed by atoms with E-state index in [-0.39, 0.29) is 0 Å². The standard InChI is InChI=1S/C7H16FP/c1-4-6(2)5-7(3,8)9/h6H,4-5,9H2,1-3H3. The fourth-order valence-corrected chi connectivity index (χ4v) is 1.23. The average Bonchev–Trinajstić information content (AvgIpc) is 1.62. The Morgan fingerprint density at radius 1 is 1.67 bits per heavy atom. The van der Waals surface area contributed by atoms with Crippen molar-refractivity contribution in [1.82, 2.24) is 0 Å². The highest BCUT2D eigenvalue weighted by Crippen LogP contribution is 2.28. The summed E-state index contributed by atoms with van der Waals surface area (Å²) in [6.45, 7) is 5.76. The van der Waals surface area contributed by atoms with Gasteiger partial charge in [-0.05, 0) is 19.3 Å². The van der Waals surface area contributed by atoms with Crippen molar-refractivity contribution in [1.29, 1.82) is 0 Å². The molecule has 0 bridgehead atoms. The van der Waals surface area contributed by atoms with Gasteiger partial charge < -0.3 is 0 Å². The molecule has 0 radical (unpaired) electrons. The van der Waals surface area contributed by atoms with Crippen LogP contribution in [0.25, 0.3) is 0 Å². The van der Waals surface area contributed by atoms with E-state index >= 15 is 0 Å². The fraction of sp³-hybridized carbons (Fsp3) is 1.00. The van der Waals surface area contributed by atoms with Gasteiger partial charge in [-0.3, -0.25) is 0 Å². The van der Waals surface area contributed by atoms with E-state index < -0.39 is 5.41 Å². The molecule has 56 valence electrons. The lowest BCUT2D eigenvalue weighted by atomic mass is 10.0.